The highest BCUT2D eigenvalue weighted by Crippen LogP contribution is 2.28. The van der Waals surface area contributed by atoms with Crippen LogP contribution in [0.1, 0.15) is 58.4 Å². The van der Waals surface area contributed by atoms with Crippen molar-refractivity contribution in [3.63, 3.8) is 0 Å². The van der Waals surface area contributed by atoms with Gasteiger partial charge in [-0.3, -0.25) is 9.88 Å². The number of hydrogen-bond acceptors (Lipinski definition) is 4. The predicted molar refractivity (Wildman–Crippen MR) is 127 cm³/mol. The van der Waals surface area contributed by atoms with Crippen molar-refractivity contribution in [3.8, 4) is 5.75 Å². The fraction of sp³-hybridized carbons (Fsp3) is 0.577. The maximum atomic E-state index is 5.94. The number of hydrogen-bond donors (Lipinski definition) is 0. The summed E-state index contributed by atoms with van der Waals surface area (Å²) in [5.41, 5.74) is 2.93. The van der Waals surface area contributed by atoms with Crippen LogP contribution in [-0.2, 0) is 5.41 Å². The van der Waals surface area contributed by atoms with Gasteiger partial charge in [0.05, 0.1) is 6.61 Å². The number of unbranched alkanes of at least 4 members (excludes halogenated alkanes) is 3. The molecule has 0 bridgehead atoms. The van der Waals surface area contributed by atoms with Gasteiger partial charge in [-0.05, 0) is 61.1 Å². The second kappa shape index (κ2) is 11.4. The highest BCUT2D eigenvalue weighted by molar-refractivity contribution is 5.44. The topological polar surface area (TPSA) is 28.6 Å². The SMILES string of the molecule is CCC(C)(C)c1ccc(OCCCCCCN2CCN(c3ccncc3)CC2)cc1. The largest absolute Gasteiger partial charge is 0.494 e. The van der Waals surface area contributed by atoms with Gasteiger partial charge in [0.15, 0.2) is 0 Å². The summed E-state index contributed by atoms with van der Waals surface area (Å²) in [4.78, 5) is 9.18. The molecular weight excluding hydrogens is 370 g/mol. The maximum Gasteiger partial charge on any atom is 0.119 e. The van der Waals surface area contributed by atoms with E-state index in [1.54, 1.807) is 0 Å². The van der Waals surface area contributed by atoms with Gasteiger partial charge >= 0.3 is 0 Å². The Morgan fingerprint density at radius 2 is 1.53 bits per heavy atom. The second-order valence-electron chi connectivity index (χ2n) is 9.06. The smallest absolute Gasteiger partial charge is 0.119 e. The van der Waals surface area contributed by atoms with Gasteiger partial charge in [-0.2, -0.15) is 0 Å². The molecule has 4 nitrogen and oxygen atoms in total. The molecule has 0 atom stereocenters. The lowest BCUT2D eigenvalue weighted by molar-refractivity contribution is 0.249. The number of ether oxygens (including phenoxy) is 1. The first kappa shape index (κ1) is 22.6. The Hall–Kier alpha value is -2.07. The molecule has 1 fully saturated rings. The van der Waals surface area contributed by atoms with Crippen LogP contribution in [-0.4, -0.2) is 49.2 Å². The molecular formula is C26H39N3O. The molecule has 2 aromatic rings. The molecule has 4 heteroatoms. The molecule has 0 aliphatic carbocycles. The third kappa shape index (κ3) is 6.73. The van der Waals surface area contributed by atoms with E-state index >= 15 is 0 Å². The van der Waals surface area contributed by atoms with Crippen LogP contribution in [0.3, 0.4) is 0 Å². The van der Waals surface area contributed by atoms with E-state index < -0.39 is 0 Å². The van der Waals surface area contributed by atoms with E-state index in [2.05, 4.69) is 72.0 Å². The zero-order valence-electron chi connectivity index (χ0n) is 19.1. The van der Waals surface area contributed by atoms with Crippen LogP contribution >= 0.6 is 0 Å². The molecule has 1 aliphatic rings. The Bertz CT molecular complexity index is 722. The Labute approximate surface area is 183 Å². The fourth-order valence-electron chi connectivity index (χ4n) is 3.97. The van der Waals surface area contributed by atoms with Gasteiger partial charge in [-0.15, -0.1) is 0 Å². The first-order valence-corrected chi connectivity index (χ1v) is 11.7. The Morgan fingerprint density at radius 3 is 2.20 bits per heavy atom. The standard InChI is InChI=1S/C26H39N3O/c1-4-26(2,3)23-9-11-25(12-10-23)30-22-8-6-5-7-17-28-18-20-29(21-19-28)24-13-15-27-16-14-24/h9-16H,4-8,17-22H2,1-3H3. The van der Waals surface area contributed by atoms with Crippen molar-refractivity contribution in [3.05, 3.63) is 54.4 Å². The number of anilines is 1. The first-order chi connectivity index (χ1) is 14.6. The summed E-state index contributed by atoms with van der Waals surface area (Å²) in [5, 5.41) is 0. The lowest BCUT2D eigenvalue weighted by atomic mass is 9.82. The van der Waals surface area contributed by atoms with E-state index in [1.807, 2.05) is 12.4 Å². The summed E-state index contributed by atoms with van der Waals surface area (Å²) < 4.78 is 5.94. The first-order valence-electron chi connectivity index (χ1n) is 11.7. The van der Waals surface area contributed by atoms with Crippen molar-refractivity contribution in [2.24, 2.45) is 0 Å². The molecule has 1 aromatic heterocycles. The van der Waals surface area contributed by atoms with Crippen LogP contribution in [0, 0.1) is 0 Å². The summed E-state index contributed by atoms with van der Waals surface area (Å²) in [7, 11) is 0. The van der Waals surface area contributed by atoms with E-state index in [1.165, 1.54) is 37.1 Å². The monoisotopic (exact) mass is 409 g/mol. The summed E-state index contributed by atoms with van der Waals surface area (Å²) in [5.74, 6) is 0.998. The van der Waals surface area contributed by atoms with E-state index in [4.69, 9.17) is 4.74 Å². The molecule has 1 aliphatic heterocycles. The van der Waals surface area contributed by atoms with Crippen LogP contribution < -0.4 is 9.64 Å². The van der Waals surface area contributed by atoms with Crippen LogP contribution in [0.4, 0.5) is 5.69 Å². The number of benzene rings is 1. The minimum absolute atomic E-state index is 0.240. The number of pyridine rings is 1. The average Bonchev–Trinajstić information content (AvgIpc) is 2.80. The van der Waals surface area contributed by atoms with Crippen LogP contribution in [0.2, 0.25) is 0 Å². The van der Waals surface area contributed by atoms with Crippen LogP contribution in [0.5, 0.6) is 5.75 Å². The lowest BCUT2D eigenvalue weighted by Crippen LogP contribution is -2.46. The van der Waals surface area contributed by atoms with Gasteiger partial charge in [0, 0.05) is 44.3 Å². The number of rotatable bonds is 11. The normalized spacial score (nSPS) is 15.4. The van der Waals surface area contributed by atoms with Gasteiger partial charge in [0.25, 0.3) is 0 Å². The Morgan fingerprint density at radius 1 is 0.867 bits per heavy atom. The van der Waals surface area contributed by atoms with E-state index in [0.717, 1.165) is 51.4 Å². The highest BCUT2D eigenvalue weighted by Gasteiger charge is 2.18. The predicted octanol–water partition coefficient (Wildman–Crippen LogP) is 5.53. The summed E-state index contributed by atoms with van der Waals surface area (Å²) >= 11 is 0. The van der Waals surface area contributed by atoms with Gasteiger partial charge in [0.1, 0.15) is 5.75 Å². The zero-order valence-corrected chi connectivity index (χ0v) is 19.1. The highest BCUT2D eigenvalue weighted by atomic mass is 16.5. The third-order valence-electron chi connectivity index (χ3n) is 6.56. The minimum atomic E-state index is 0.240. The maximum absolute atomic E-state index is 5.94. The second-order valence-corrected chi connectivity index (χ2v) is 9.06. The molecule has 0 radical (unpaired) electrons. The Kier molecular flexibility index (Phi) is 8.56. The summed E-state index contributed by atoms with van der Waals surface area (Å²) in [6.45, 7) is 13.4. The zero-order chi connectivity index (χ0) is 21.2. The van der Waals surface area contributed by atoms with Gasteiger partial charge in [-0.25, -0.2) is 0 Å². The summed E-state index contributed by atoms with van der Waals surface area (Å²) in [6, 6.07) is 12.9. The minimum Gasteiger partial charge on any atom is -0.494 e. The van der Waals surface area contributed by atoms with Crippen molar-refractivity contribution < 1.29 is 4.74 Å². The van der Waals surface area contributed by atoms with Crippen molar-refractivity contribution in [2.75, 3.05) is 44.2 Å². The molecule has 0 unspecified atom stereocenters. The molecule has 2 heterocycles. The van der Waals surface area contributed by atoms with Crippen LogP contribution in [0.15, 0.2) is 48.8 Å². The molecule has 1 saturated heterocycles. The van der Waals surface area contributed by atoms with E-state index in [0.29, 0.717) is 0 Å². The number of piperazine rings is 1. The Balaban J connectivity index is 1.23. The van der Waals surface area contributed by atoms with Gasteiger partial charge in [0.2, 0.25) is 0 Å². The molecule has 0 saturated carbocycles. The van der Waals surface area contributed by atoms with Crippen molar-refractivity contribution in [1.82, 2.24) is 9.88 Å². The van der Waals surface area contributed by atoms with Crippen molar-refractivity contribution >= 4 is 5.69 Å². The van der Waals surface area contributed by atoms with E-state index in [9.17, 15) is 0 Å². The molecule has 3 rings (SSSR count). The number of nitrogens with zero attached hydrogens (tertiary/aromatic N) is 3. The molecule has 0 N–H and O–H groups in total. The lowest BCUT2D eigenvalue weighted by Gasteiger charge is -2.36. The molecule has 164 valence electrons. The fourth-order valence-corrected chi connectivity index (χ4v) is 3.97. The van der Waals surface area contributed by atoms with Crippen LogP contribution in [0.25, 0.3) is 0 Å². The molecule has 1 aromatic carbocycles. The van der Waals surface area contributed by atoms with E-state index in [-0.39, 0.29) is 5.41 Å². The molecule has 0 amide bonds. The third-order valence-corrected chi connectivity index (χ3v) is 6.56. The van der Waals surface area contributed by atoms with Gasteiger partial charge in [-0.1, -0.05) is 45.7 Å². The molecule has 30 heavy (non-hydrogen) atoms. The van der Waals surface area contributed by atoms with Crippen molar-refractivity contribution in [2.45, 2.75) is 58.3 Å². The number of aromatic nitrogens is 1. The summed E-state index contributed by atoms with van der Waals surface area (Å²) in [6.07, 6.45) is 9.87. The average molecular weight is 410 g/mol. The molecule has 0 spiro atoms. The quantitative estimate of drug-likeness (QED) is 0.456. The van der Waals surface area contributed by atoms with Gasteiger partial charge < -0.3 is 9.64 Å². The van der Waals surface area contributed by atoms with Crippen molar-refractivity contribution in [1.29, 1.82) is 0 Å².